The average Bonchev–Trinajstić information content (AvgIpc) is 3.29. The van der Waals surface area contributed by atoms with Crippen LogP contribution in [0.3, 0.4) is 0 Å². The molecule has 3 heterocycles. The maximum absolute atomic E-state index is 12.7. The molecule has 1 saturated heterocycles. The number of benzene rings is 1. The number of carbonyl (C=O) groups excluding carboxylic acids is 1. The highest BCUT2D eigenvalue weighted by molar-refractivity contribution is 6.06. The lowest BCUT2D eigenvalue weighted by Gasteiger charge is -2.17. The number of pyridine rings is 1. The van der Waals surface area contributed by atoms with Crippen LogP contribution in [0.25, 0.3) is 0 Å². The summed E-state index contributed by atoms with van der Waals surface area (Å²) in [6.45, 7) is 2.36. The van der Waals surface area contributed by atoms with Crippen molar-refractivity contribution < 1.29 is 9.53 Å². The third kappa shape index (κ3) is 2.99. The predicted molar refractivity (Wildman–Crippen MR) is 93.5 cm³/mol. The second-order valence-electron chi connectivity index (χ2n) is 6.28. The van der Waals surface area contributed by atoms with Gasteiger partial charge in [0.05, 0.1) is 18.0 Å². The number of ether oxygens (including phenoxy) is 1. The first kappa shape index (κ1) is 15.1. The van der Waals surface area contributed by atoms with Gasteiger partial charge in [-0.2, -0.15) is 0 Å². The van der Waals surface area contributed by atoms with Crippen LogP contribution in [0.15, 0.2) is 42.6 Å². The van der Waals surface area contributed by atoms with Crippen LogP contribution in [-0.4, -0.2) is 36.7 Å². The van der Waals surface area contributed by atoms with E-state index in [1.54, 1.807) is 12.3 Å². The van der Waals surface area contributed by atoms with E-state index in [4.69, 9.17) is 4.74 Å². The third-order valence-corrected chi connectivity index (χ3v) is 4.67. The monoisotopic (exact) mass is 323 g/mol. The molecule has 2 aliphatic rings. The zero-order valence-corrected chi connectivity index (χ0v) is 13.6. The molecule has 24 heavy (non-hydrogen) atoms. The summed E-state index contributed by atoms with van der Waals surface area (Å²) in [5, 5.41) is 3.33. The topological polar surface area (TPSA) is 54.5 Å². The van der Waals surface area contributed by atoms with E-state index in [-0.39, 0.29) is 12.0 Å². The first-order valence-electron chi connectivity index (χ1n) is 8.52. The van der Waals surface area contributed by atoms with Crippen LogP contribution in [0.5, 0.6) is 0 Å². The van der Waals surface area contributed by atoms with Crippen molar-refractivity contribution in [1.29, 1.82) is 0 Å². The molecule has 124 valence electrons. The Balaban J connectivity index is 1.42. The van der Waals surface area contributed by atoms with Crippen LogP contribution in [0.1, 0.15) is 28.9 Å². The SMILES string of the molecule is O=C(c1ccc(NCC2CCCO2)cn1)N1CCc2ccccc21. The molecular formula is C19H21N3O2. The van der Waals surface area contributed by atoms with Gasteiger partial charge >= 0.3 is 0 Å². The quantitative estimate of drug-likeness (QED) is 0.940. The molecule has 0 saturated carbocycles. The number of hydrogen-bond donors (Lipinski definition) is 1. The van der Waals surface area contributed by atoms with Gasteiger partial charge in [0.2, 0.25) is 0 Å². The molecule has 1 unspecified atom stereocenters. The highest BCUT2D eigenvalue weighted by atomic mass is 16.5. The van der Waals surface area contributed by atoms with E-state index < -0.39 is 0 Å². The summed E-state index contributed by atoms with van der Waals surface area (Å²) < 4.78 is 5.59. The molecule has 2 aliphatic heterocycles. The van der Waals surface area contributed by atoms with Gasteiger partial charge in [0, 0.05) is 25.4 Å². The molecule has 0 bridgehead atoms. The summed E-state index contributed by atoms with van der Waals surface area (Å²) in [6, 6.07) is 11.8. The van der Waals surface area contributed by atoms with E-state index in [2.05, 4.69) is 16.4 Å². The molecule has 2 aromatic rings. The Morgan fingerprint density at radius 1 is 1.29 bits per heavy atom. The van der Waals surface area contributed by atoms with Crippen LogP contribution >= 0.6 is 0 Å². The van der Waals surface area contributed by atoms with Crippen molar-refractivity contribution in [3.8, 4) is 0 Å². The minimum absolute atomic E-state index is 0.0365. The Hall–Kier alpha value is -2.40. The highest BCUT2D eigenvalue weighted by Gasteiger charge is 2.25. The van der Waals surface area contributed by atoms with Crippen molar-refractivity contribution in [2.75, 3.05) is 29.9 Å². The van der Waals surface area contributed by atoms with Crippen molar-refractivity contribution >= 4 is 17.3 Å². The number of nitrogens with one attached hydrogen (secondary N) is 1. The normalized spacial score (nSPS) is 19.3. The van der Waals surface area contributed by atoms with Gasteiger partial charge in [0.1, 0.15) is 5.69 Å². The fraction of sp³-hybridized carbons (Fsp3) is 0.368. The molecular weight excluding hydrogens is 302 g/mol. The first-order valence-corrected chi connectivity index (χ1v) is 8.52. The van der Waals surface area contributed by atoms with Gasteiger partial charge < -0.3 is 15.0 Å². The summed E-state index contributed by atoms with van der Waals surface area (Å²) in [6.07, 6.45) is 5.15. The zero-order chi connectivity index (χ0) is 16.4. The van der Waals surface area contributed by atoms with Crippen molar-refractivity contribution in [1.82, 2.24) is 4.98 Å². The van der Waals surface area contributed by atoms with Gasteiger partial charge in [-0.15, -0.1) is 0 Å². The van der Waals surface area contributed by atoms with Gasteiger partial charge in [-0.3, -0.25) is 4.79 Å². The Bertz CT molecular complexity index is 724. The number of amides is 1. The Labute approximate surface area is 141 Å². The Morgan fingerprint density at radius 2 is 2.21 bits per heavy atom. The molecule has 0 radical (unpaired) electrons. The van der Waals surface area contributed by atoms with Gasteiger partial charge in [-0.1, -0.05) is 18.2 Å². The number of hydrogen-bond acceptors (Lipinski definition) is 4. The van der Waals surface area contributed by atoms with Gasteiger partial charge in [0.15, 0.2) is 0 Å². The molecule has 4 rings (SSSR count). The maximum Gasteiger partial charge on any atom is 0.276 e. The molecule has 1 fully saturated rings. The van der Waals surface area contributed by atoms with Crippen LogP contribution in [-0.2, 0) is 11.2 Å². The number of aromatic nitrogens is 1. The molecule has 5 heteroatoms. The van der Waals surface area contributed by atoms with E-state index in [0.29, 0.717) is 5.69 Å². The predicted octanol–water partition coefficient (Wildman–Crippen LogP) is 2.88. The van der Waals surface area contributed by atoms with Crippen LogP contribution in [0.2, 0.25) is 0 Å². The van der Waals surface area contributed by atoms with E-state index in [9.17, 15) is 4.79 Å². The van der Waals surface area contributed by atoms with E-state index in [1.165, 1.54) is 5.56 Å². The number of nitrogens with zero attached hydrogens (tertiary/aromatic N) is 2. The first-order chi connectivity index (χ1) is 11.8. The minimum atomic E-state index is -0.0365. The number of carbonyl (C=O) groups is 1. The molecule has 1 N–H and O–H groups in total. The number of anilines is 2. The van der Waals surface area contributed by atoms with E-state index >= 15 is 0 Å². The lowest BCUT2D eigenvalue weighted by Crippen LogP contribution is -2.29. The number of fused-ring (bicyclic) bond motifs is 1. The average molecular weight is 323 g/mol. The van der Waals surface area contributed by atoms with Crippen LogP contribution in [0, 0.1) is 0 Å². The van der Waals surface area contributed by atoms with Crippen molar-refractivity contribution in [3.05, 3.63) is 53.9 Å². The van der Waals surface area contributed by atoms with Gasteiger partial charge in [0.25, 0.3) is 5.91 Å². The second-order valence-corrected chi connectivity index (χ2v) is 6.28. The zero-order valence-electron chi connectivity index (χ0n) is 13.6. The summed E-state index contributed by atoms with van der Waals surface area (Å²) in [7, 11) is 0. The molecule has 1 amide bonds. The smallest absolute Gasteiger partial charge is 0.276 e. The van der Waals surface area contributed by atoms with Crippen molar-refractivity contribution in [3.63, 3.8) is 0 Å². The van der Waals surface area contributed by atoms with Gasteiger partial charge in [-0.05, 0) is 43.0 Å². The summed E-state index contributed by atoms with van der Waals surface area (Å²) in [5.41, 5.74) is 3.63. The molecule has 1 atom stereocenters. The Morgan fingerprint density at radius 3 is 3.00 bits per heavy atom. The fourth-order valence-corrected chi connectivity index (χ4v) is 3.35. The second kappa shape index (κ2) is 6.61. The fourth-order valence-electron chi connectivity index (χ4n) is 3.35. The standard InChI is InChI=1S/C19H21N3O2/c23-19(22-10-9-14-4-1-2-6-18(14)22)17-8-7-15(12-21-17)20-13-16-5-3-11-24-16/h1-2,4,6-8,12,16,20H,3,5,9-11,13H2. The summed E-state index contributed by atoms with van der Waals surface area (Å²) in [4.78, 5) is 18.9. The molecule has 5 nitrogen and oxygen atoms in total. The maximum atomic E-state index is 12.7. The number of rotatable bonds is 4. The Kier molecular flexibility index (Phi) is 4.17. The third-order valence-electron chi connectivity index (χ3n) is 4.67. The molecule has 0 spiro atoms. The van der Waals surface area contributed by atoms with Crippen LogP contribution < -0.4 is 10.2 Å². The van der Waals surface area contributed by atoms with Gasteiger partial charge in [-0.25, -0.2) is 4.98 Å². The summed E-state index contributed by atoms with van der Waals surface area (Å²) in [5.74, 6) is -0.0365. The minimum Gasteiger partial charge on any atom is -0.381 e. The van der Waals surface area contributed by atoms with E-state index in [0.717, 1.165) is 50.3 Å². The summed E-state index contributed by atoms with van der Waals surface area (Å²) >= 11 is 0. The van der Waals surface area contributed by atoms with Crippen molar-refractivity contribution in [2.45, 2.75) is 25.4 Å². The molecule has 1 aromatic heterocycles. The highest BCUT2D eigenvalue weighted by Crippen LogP contribution is 2.28. The largest absolute Gasteiger partial charge is 0.381 e. The lowest BCUT2D eigenvalue weighted by atomic mass is 10.2. The molecule has 0 aliphatic carbocycles. The number of para-hydroxylation sites is 1. The molecule has 1 aromatic carbocycles. The van der Waals surface area contributed by atoms with Crippen LogP contribution in [0.4, 0.5) is 11.4 Å². The lowest BCUT2D eigenvalue weighted by molar-refractivity contribution is 0.0984. The van der Waals surface area contributed by atoms with E-state index in [1.807, 2.05) is 29.2 Å². The van der Waals surface area contributed by atoms with Crippen molar-refractivity contribution in [2.24, 2.45) is 0 Å².